The van der Waals surface area contributed by atoms with Crippen LogP contribution in [0.25, 0.3) is 11.1 Å². The van der Waals surface area contributed by atoms with E-state index in [4.69, 9.17) is 23.7 Å². The Hall–Kier alpha value is -5.99. The lowest BCUT2D eigenvalue weighted by Crippen LogP contribution is -2.50. The summed E-state index contributed by atoms with van der Waals surface area (Å²) < 4.78 is 31.3. The van der Waals surface area contributed by atoms with E-state index in [0.717, 1.165) is 74.5 Å². The lowest BCUT2D eigenvalue weighted by molar-refractivity contribution is -0.140. The molecule has 0 aromatic heterocycles. The molecular weight excluding hydrogens is 753 g/mol. The number of hydrogen-bond acceptors (Lipinski definition) is 11. The Balaban J connectivity index is 0.000000179. The van der Waals surface area contributed by atoms with Crippen LogP contribution in [0.3, 0.4) is 0 Å². The Morgan fingerprint density at radius 1 is 0.712 bits per heavy atom. The Bertz CT molecular complexity index is 2060. The van der Waals surface area contributed by atoms with Crippen molar-refractivity contribution in [1.29, 1.82) is 0 Å². The molecule has 0 spiro atoms. The average molecular weight is 805 g/mol. The first-order chi connectivity index (χ1) is 28.9. The van der Waals surface area contributed by atoms with Crippen LogP contribution in [0.5, 0.6) is 11.5 Å². The number of nitrogens with one attached hydrogen (secondary N) is 3. The first-order valence-electron chi connectivity index (χ1n) is 19.7. The van der Waals surface area contributed by atoms with Gasteiger partial charge in [-0.1, -0.05) is 84.9 Å². The number of ketones is 1. The van der Waals surface area contributed by atoms with Gasteiger partial charge in [0.05, 0.1) is 44.8 Å². The number of carbonyl (C=O) groups is 3. The van der Waals surface area contributed by atoms with Gasteiger partial charge in [0.1, 0.15) is 37.9 Å². The van der Waals surface area contributed by atoms with E-state index in [0.29, 0.717) is 42.1 Å². The van der Waals surface area contributed by atoms with Crippen molar-refractivity contribution in [2.24, 2.45) is 0 Å². The predicted octanol–water partition coefficient (Wildman–Crippen LogP) is 7.34. The molecule has 13 nitrogen and oxygen atoms in total. The van der Waals surface area contributed by atoms with E-state index in [-0.39, 0.29) is 19.0 Å². The van der Waals surface area contributed by atoms with Crippen LogP contribution in [-0.4, -0.2) is 95.7 Å². The second-order valence-corrected chi connectivity index (χ2v) is 14.1. The minimum atomic E-state index is -0.504. The van der Waals surface area contributed by atoms with Crippen LogP contribution in [0.4, 0.5) is 21.0 Å². The molecule has 0 radical (unpaired) electrons. The molecule has 8 rings (SSSR count). The summed E-state index contributed by atoms with van der Waals surface area (Å²) in [7, 11) is 3.20. The zero-order chi connectivity index (χ0) is 41.2. The van der Waals surface area contributed by atoms with Crippen LogP contribution < -0.4 is 25.4 Å². The van der Waals surface area contributed by atoms with E-state index in [1.807, 2.05) is 97.1 Å². The first-order valence-corrected chi connectivity index (χ1v) is 19.7. The SMILES string of the molecule is COc1cc(C2=CCN(C3COC3)CC2)ccc1NC(=O)OCc1ccccc1.COc1cc(C2=CCNCC2)ccc1NC(=O)OCc1ccccc1.O=C1COC1. The molecule has 59 heavy (non-hydrogen) atoms. The molecule has 0 aliphatic carbocycles. The van der Waals surface area contributed by atoms with E-state index in [1.54, 1.807) is 14.2 Å². The molecule has 0 atom stereocenters. The highest BCUT2D eigenvalue weighted by Gasteiger charge is 2.27. The molecule has 2 saturated heterocycles. The molecule has 4 aliphatic heterocycles. The fourth-order valence-electron chi connectivity index (χ4n) is 6.51. The third kappa shape index (κ3) is 13.0. The van der Waals surface area contributed by atoms with Crippen LogP contribution >= 0.6 is 0 Å². The molecular formula is C46H52N4O9. The Labute approximate surface area is 345 Å². The number of Topliss-reactive ketones (excluding diaryl/α,β-unsaturated/α-hetero) is 1. The van der Waals surface area contributed by atoms with E-state index in [1.165, 1.54) is 11.1 Å². The number of rotatable bonds is 11. The monoisotopic (exact) mass is 804 g/mol. The smallest absolute Gasteiger partial charge is 0.412 e. The van der Waals surface area contributed by atoms with E-state index < -0.39 is 12.2 Å². The Morgan fingerprint density at radius 2 is 1.24 bits per heavy atom. The standard InChI is InChI=1S/C23H26N2O4.C20H22N2O3.C3H4O2/c1-27-22-13-19(18-9-11-25(12-10-18)20-15-28-16-20)7-8-21(22)24-23(26)29-14-17-5-3-2-4-6-17;1-24-19-13-17(16-9-11-21-12-10-16)7-8-18(19)22-20(23)25-14-15-5-3-2-4-6-15;4-3-1-5-2-3/h2-9,13,20H,10-12,14-16H2,1H3,(H,24,26);2-9,13,21H,10-12,14H2,1H3,(H,22,23);1-2H2. The van der Waals surface area contributed by atoms with Crippen LogP contribution in [0.2, 0.25) is 0 Å². The number of benzene rings is 4. The summed E-state index contributed by atoms with van der Waals surface area (Å²) in [5.74, 6) is 1.45. The summed E-state index contributed by atoms with van der Waals surface area (Å²) in [6.45, 7) is 6.67. The molecule has 310 valence electrons. The molecule has 4 aromatic carbocycles. The van der Waals surface area contributed by atoms with Crippen molar-refractivity contribution >= 4 is 40.5 Å². The summed E-state index contributed by atoms with van der Waals surface area (Å²) in [6, 6.07) is 31.4. The summed E-state index contributed by atoms with van der Waals surface area (Å²) in [5.41, 5.74) is 7.90. The zero-order valence-corrected chi connectivity index (χ0v) is 33.6. The molecule has 2 amide bonds. The van der Waals surface area contributed by atoms with Crippen molar-refractivity contribution < 1.29 is 42.8 Å². The lowest BCUT2D eigenvalue weighted by Gasteiger charge is -2.38. The second kappa shape index (κ2) is 22.2. The topological polar surface area (TPSA) is 146 Å². The summed E-state index contributed by atoms with van der Waals surface area (Å²) in [6.07, 6.45) is 5.42. The van der Waals surface area contributed by atoms with Gasteiger partial charge in [0.25, 0.3) is 0 Å². The van der Waals surface area contributed by atoms with Crippen molar-refractivity contribution in [2.45, 2.75) is 32.1 Å². The summed E-state index contributed by atoms with van der Waals surface area (Å²) >= 11 is 0. The average Bonchev–Trinajstić information content (AvgIpc) is 3.25. The van der Waals surface area contributed by atoms with Gasteiger partial charge in [-0.3, -0.25) is 20.3 Å². The van der Waals surface area contributed by atoms with Crippen molar-refractivity contribution in [3.05, 3.63) is 131 Å². The minimum absolute atomic E-state index is 0.213. The lowest BCUT2D eigenvalue weighted by atomic mass is 9.97. The van der Waals surface area contributed by atoms with Gasteiger partial charge in [-0.25, -0.2) is 9.59 Å². The highest BCUT2D eigenvalue weighted by atomic mass is 16.6. The highest BCUT2D eigenvalue weighted by Crippen LogP contribution is 2.33. The highest BCUT2D eigenvalue weighted by molar-refractivity contribution is 5.88. The number of hydrogen-bond donors (Lipinski definition) is 3. The van der Waals surface area contributed by atoms with Gasteiger partial charge in [-0.05, 0) is 77.1 Å². The maximum atomic E-state index is 12.2. The van der Waals surface area contributed by atoms with E-state index >= 15 is 0 Å². The second-order valence-electron chi connectivity index (χ2n) is 14.1. The zero-order valence-electron chi connectivity index (χ0n) is 33.6. The van der Waals surface area contributed by atoms with Gasteiger partial charge in [-0.2, -0.15) is 0 Å². The van der Waals surface area contributed by atoms with E-state index in [9.17, 15) is 14.4 Å². The van der Waals surface area contributed by atoms with Gasteiger partial charge in [0.2, 0.25) is 0 Å². The minimum Gasteiger partial charge on any atom is -0.495 e. The van der Waals surface area contributed by atoms with Gasteiger partial charge >= 0.3 is 12.2 Å². The number of nitrogens with zero attached hydrogens (tertiary/aromatic N) is 1. The van der Waals surface area contributed by atoms with Gasteiger partial charge < -0.3 is 33.7 Å². The first kappa shape index (κ1) is 42.6. The predicted molar refractivity (Wildman–Crippen MR) is 227 cm³/mol. The van der Waals surface area contributed by atoms with Crippen molar-refractivity contribution in [2.75, 3.05) is 77.5 Å². The summed E-state index contributed by atoms with van der Waals surface area (Å²) in [4.78, 5) is 36.4. The van der Waals surface area contributed by atoms with Crippen molar-refractivity contribution in [3.8, 4) is 11.5 Å². The maximum Gasteiger partial charge on any atom is 0.412 e. The quantitative estimate of drug-likeness (QED) is 0.140. The number of amides is 2. The van der Waals surface area contributed by atoms with Crippen molar-refractivity contribution in [3.63, 3.8) is 0 Å². The molecule has 13 heteroatoms. The molecule has 3 N–H and O–H groups in total. The van der Waals surface area contributed by atoms with Crippen LogP contribution in [0, 0.1) is 0 Å². The largest absolute Gasteiger partial charge is 0.495 e. The maximum absolute atomic E-state index is 12.2. The normalized spacial score (nSPS) is 16.1. The number of anilines is 2. The van der Waals surface area contributed by atoms with Gasteiger partial charge in [-0.15, -0.1) is 0 Å². The molecule has 2 fully saturated rings. The number of carbonyl (C=O) groups excluding carboxylic acids is 3. The summed E-state index contributed by atoms with van der Waals surface area (Å²) in [5, 5.41) is 8.81. The Kier molecular flexibility index (Phi) is 16.1. The van der Waals surface area contributed by atoms with Gasteiger partial charge in [0, 0.05) is 19.6 Å². The fourth-order valence-corrected chi connectivity index (χ4v) is 6.51. The molecule has 4 aromatic rings. The molecule has 0 bridgehead atoms. The fraction of sp³-hybridized carbons (Fsp3) is 0.326. The van der Waals surface area contributed by atoms with Crippen LogP contribution in [-0.2, 0) is 37.0 Å². The third-order valence-electron chi connectivity index (χ3n) is 10.0. The van der Waals surface area contributed by atoms with E-state index in [2.05, 4.69) is 37.7 Å². The molecule has 4 heterocycles. The third-order valence-corrected chi connectivity index (χ3v) is 10.0. The Morgan fingerprint density at radius 3 is 1.63 bits per heavy atom. The van der Waals surface area contributed by atoms with Crippen molar-refractivity contribution in [1.82, 2.24) is 10.2 Å². The molecule has 0 saturated carbocycles. The molecule has 0 unspecified atom stereocenters. The number of methoxy groups -OCH3 is 2. The van der Waals surface area contributed by atoms with Gasteiger partial charge in [0.15, 0.2) is 5.78 Å². The van der Waals surface area contributed by atoms with Crippen LogP contribution in [0.1, 0.15) is 35.1 Å². The molecule has 4 aliphatic rings. The van der Waals surface area contributed by atoms with Crippen LogP contribution in [0.15, 0.2) is 109 Å². The number of ether oxygens (including phenoxy) is 6.